The third kappa shape index (κ3) is 4.23. The van der Waals surface area contributed by atoms with E-state index < -0.39 is 13.0 Å². The lowest BCUT2D eigenvalue weighted by molar-refractivity contribution is 0.100. The van der Waals surface area contributed by atoms with Gasteiger partial charge in [0.05, 0.1) is 18.0 Å². The van der Waals surface area contributed by atoms with Crippen molar-refractivity contribution >= 4 is 30.6 Å². The molecule has 1 saturated carbocycles. The van der Waals surface area contributed by atoms with Crippen LogP contribution in [-0.2, 0) is 0 Å². The highest BCUT2D eigenvalue weighted by Crippen LogP contribution is 2.38. The van der Waals surface area contributed by atoms with Gasteiger partial charge in [-0.15, -0.1) is 0 Å². The van der Waals surface area contributed by atoms with E-state index in [1.807, 2.05) is 32.9 Å². The van der Waals surface area contributed by atoms with Crippen LogP contribution in [0.15, 0.2) is 29.9 Å². The van der Waals surface area contributed by atoms with Gasteiger partial charge in [0.25, 0.3) is 5.91 Å². The molecular formula is C23H28BN5O3. The molecule has 0 spiro atoms. The number of nitrogens with two attached hydrogens (primary N) is 1. The predicted molar refractivity (Wildman–Crippen MR) is 123 cm³/mol. The van der Waals surface area contributed by atoms with Crippen molar-refractivity contribution in [1.82, 2.24) is 9.78 Å². The number of anilines is 2. The third-order valence-corrected chi connectivity index (χ3v) is 6.19. The van der Waals surface area contributed by atoms with Gasteiger partial charge in [-0.25, -0.2) is 0 Å². The molecule has 1 fully saturated rings. The molecule has 0 bridgehead atoms. The van der Waals surface area contributed by atoms with Gasteiger partial charge in [0.1, 0.15) is 11.3 Å². The molecule has 1 aromatic heterocycles. The number of nitrogens with one attached hydrogen (secondary N) is 1. The molecule has 166 valence electrons. The lowest BCUT2D eigenvalue weighted by atomic mass is 9.63. The van der Waals surface area contributed by atoms with Gasteiger partial charge in [-0.2, -0.15) is 10.4 Å². The Labute approximate surface area is 188 Å². The Morgan fingerprint density at radius 3 is 2.81 bits per heavy atom. The Kier molecular flexibility index (Phi) is 5.74. The first-order valence-corrected chi connectivity index (χ1v) is 10.9. The SMILES string of the molecule is CC(C)(C)C1=Cc2cc(Nc3nn([C@@H]4CCCC[C@H]4C#N)cc3C(N)=O)ccc2OB1O. The molecule has 4 rings (SSSR count). The normalized spacial score (nSPS) is 20.6. The number of rotatable bonds is 4. The van der Waals surface area contributed by atoms with Crippen LogP contribution >= 0.6 is 0 Å². The molecule has 1 amide bonds. The molecule has 8 nitrogen and oxygen atoms in total. The van der Waals surface area contributed by atoms with Gasteiger partial charge in [0.2, 0.25) is 0 Å². The van der Waals surface area contributed by atoms with Gasteiger partial charge in [-0.1, -0.05) is 39.7 Å². The summed E-state index contributed by atoms with van der Waals surface area (Å²) in [5.74, 6) is 0.222. The average molecular weight is 433 g/mol. The molecule has 1 aliphatic carbocycles. The van der Waals surface area contributed by atoms with Crippen LogP contribution in [0.25, 0.3) is 6.08 Å². The fourth-order valence-corrected chi connectivity index (χ4v) is 4.41. The Hall–Kier alpha value is -3.25. The molecular weight excluding hydrogens is 405 g/mol. The van der Waals surface area contributed by atoms with E-state index in [-0.39, 0.29) is 22.9 Å². The molecule has 0 radical (unpaired) electrons. The van der Waals surface area contributed by atoms with Crippen LogP contribution in [0, 0.1) is 22.7 Å². The fourth-order valence-electron chi connectivity index (χ4n) is 4.41. The number of allylic oxidation sites excluding steroid dienone is 1. The molecule has 4 N–H and O–H groups in total. The van der Waals surface area contributed by atoms with Crippen LogP contribution in [0.2, 0.25) is 0 Å². The number of nitriles is 1. The molecule has 2 aliphatic rings. The number of nitrogens with zero attached hydrogens (tertiary/aromatic N) is 3. The van der Waals surface area contributed by atoms with E-state index in [0.29, 0.717) is 17.3 Å². The maximum Gasteiger partial charge on any atom is 0.556 e. The second kappa shape index (κ2) is 8.36. The van der Waals surface area contributed by atoms with E-state index in [0.717, 1.165) is 36.7 Å². The smallest absolute Gasteiger partial charge is 0.532 e. The minimum Gasteiger partial charge on any atom is -0.532 e. The zero-order valence-electron chi connectivity index (χ0n) is 18.6. The number of aromatic nitrogens is 2. The zero-order chi connectivity index (χ0) is 23.0. The van der Waals surface area contributed by atoms with Crippen molar-refractivity contribution in [3.8, 4) is 11.8 Å². The average Bonchev–Trinajstić information content (AvgIpc) is 3.16. The summed E-state index contributed by atoms with van der Waals surface area (Å²) < 4.78 is 7.39. The van der Waals surface area contributed by atoms with E-state index in [1.54, 1.807) is 23.0 Å². The molecule has 2 heterocycles. The van der Waals surface area contributed by atoms with E-state index in [1.165, 1.54) is 0 Å². The van der Waals surface area contributed by atoms with Crippen molar-refractivity contribution in [2.75, 3.05) is 5.32 Å². The van der Waals surface area contributed by atoms with E-state index in [2.05, 4.69) is 16.5 Å². The summed E-state index contributed by atoms with van der Waals surface area (Å²) in [6, 6.07) is 7.75. The Balaban J connectivity index is 1.66. The van der Waals surface area contributed by atoms with Crippen molar-refractivity contribution in [3.63, 3.8) is 0 Å². The standard InChI is InChI=1S/C23H28BN5O3/c1-23(2,3)20-11-15-10-16(8-9-19(15)32-24(20)31)27-22-17(21(26)30)13-29(28-22)18-7-5-4-6-14(18)12-25/h8-11,13-14,18,31H,4-7H2,1-3H3,(H2,26,30)(H,27,28)/t14-,18+/m0/s1. The van der Waals surface area contributed by atoms with Crippen LogP contribution in [-0.4, -0.2) is 27.8 Å². The van der Waals surface area contributed by atoms with E-state index in [4.69, 9.17) is 10.4 Å². The maximum atomic E-state index is 12.1. The van der Waals surface area contributed by atoms with Gasteiger partial charge in [-0.05, 0) is 41.9 Å². The lowest BCUT2D eigenvalue weighted by Crippen LogP contribution is -2.34. The van der Waals surface area contributed by atoms with Crippen LogP contribution in [0.4, 0.5) is 11.5 Å². The first kappa shape index (κ1) is 22.0. The van der Waals surface area contributed by atoms with Crippen molar-refractivity contribution in [2.45, 2.75) is 52.5 Å². The van der Waals surface area contributed by atoms with Crippen molar-refractivity contribution in [3.05, 3.63) is 41.0 Å². The molecule has 2 atom stereocenters. The summed E-state index contributed by atoms with van der Waals surface area (Å²) >= 11 is 0. The van der Waals surface area contributed by atoms with Crippen LogP contribution in [0.3, 0.4) is 0 Å². The minimum atomic E-state index is -0.984. The number of carbonyl (C=O) groups excluding carboxylic acids is 1. The number of benzene rings is 1. The monoisotopic (exact) mass is 433 g/mol. The van der Waals surface area contributed by atoms with Gasteiger partial charge in [0.15, 0.2) is 5.82 Å². The summed E-state index contributed by atoms with van der Waals surface area (Å²) in [6.45, 7) is 6.05. The highest BCUT2D eigenvalue weighted by Gasteiger charge is 2.35. The topological polar surface area (TPSA) is 126 Å². The summed E-state index contributed by atoms with van der Waals surface area (Å²) in [5, 5.41) is 27.6. The number of primary amides is 1. The van der Waals surface area contributed by atoms with E-state index >= 15 is 0 Å². The highest BCUT2D eigenvalue weighted by molar-refractivity contribution is 6.55. The number of fused-ring (bicyclic) bond motifs is 1. The molecule has 1 aromatic carbocycles. The van der Waals surface area contributed by atoms with Crippen LogP contribution in [0.1, 0.15) is 68.4 Å². The Morgan fingerprint density at radius 2 is 2.12 bits per heavy atom. The van der Waals surface area contributed by atoms with Crippen molar-refractivity contribution in [2.24, 2.45) is 17.1 Å². The summed E-state index contributed by atoms with van der Waals surface area (Å²) in [7, 11) is -0.984. The predicted octanol–water partition coefficient (Wildman–Crippen LogP) is 3.82. The summed E-state index contributed by atoms with van der Waals surface area (Å²) in [5.41, 5.74) is 7.95. The maximum absolute atomic E-state index is 12.1. The molecule has 9 heteroatoms. The summed E-state index contributed by atoms with van der Waals surface area (Å²) in [4.78, 5) is 12.1. The van der Waals surface area contributed by atoms with Gasteiger partial charge < -0.3 is 20.7 Å². The third-order valence-electron chi connectivity index (χ3n) is 6.19. The van der Waals surface area contributed by atoms with Gasteiger partial charge in [0, 0.05) is 17.4 Å². The number of hydrogen-bond acceptors (Lipinski definition) is 6. The lowest BCUT2D eigenvalue weighted by Gasteiger charge is -2.29. The first-order valence-electron chi connectivity index (χ1n) is 10.9. The Bertz CT molecular complexity index is 1110. The highest BCUT2D eigenvalue weighted by atomic mass is 16.5. The minimum absolute atomic E-state index is 0.0712. The molecule has 0 unspecified atom stereocenters. The molecule has 2 aromatic rings. The number of carbonyl (C=O) groups is 1. The second-order valence-corrected chi connectivity index (χ2v) is 9.52. The van der Waals surface area contributed by atoms with Crippen LogP contribution in [0.5, 0.6) is 5.75 Å². The second-order valence-electron chi connectivity index (χ2n) is 9.52. The van der Waals surface area contributed by atoms with Gasteiger partial charge in [-0.3, -0.25) is 9.48 Å². The van der Waals surface area contributed by atoms with Crippen LogP contribution < -0.4 is 15.7 Å². The quantitative estimate of drug-likeness (QED) is 0.630. The molecule has 32 heavy (non-hydrogen) atoms. The molecule has 1 aliphatic heterocycles. The fraction of sp³-hybridized carbons (Fsp3) is 0.435. The first-order chi connectivity index (χ1) is 15.2. The number of hydrogen-bond donors (Lipinski definition) is 3. The van der Waals surface area contributed by atoms with Crippen molar-refractivity contribution in [1.29, 1.82) is 5.26 Å². The Morgan fingerprint density at radius 1 is 1.38 bits per heavy atom. The summed E-state index contributed by atoms with van der Waals surface area (Å²) in [6.07, 6.45) is 7.30. The largest absolute Gasteiger partial charge is 0.556 e. The van der Waals surface area contributed by atoms with Gasteiger partial charge >= 0.3 is 7.12 Å². The molecule has 0 saturated heterocycles. The van der Waals surface area contributed by atoms with Crippen molar-refractivity contribution < 1.29 is 14.5 Å². The van der Waals surface area contributed by atoms with E-state index in [9.17, 15) is 15.1 Å². The zero-order valence-corrected chi connectivity index (χ0v) is 18.6. The number of amides is 1.